The molecule has 8 heteroatoms. The summed E-state index contributed by atoms with van der Waals surface area (Å²) in [5, 5.41) is 0.301. The first kappa shape index (κ1) is 20.7. The smallest absolute Gasteiger partial charge is 0.311 e. The van der Waals surface area contributed by atoms with Crippen LogP contribution < -0.4 is 5.56 Å². The summed E-state index contributed by atoms with van der Waals surface area (Å²) in [6.45, 7) is 2.61. The molecule has 0 unspecified atom stereocenters. The third-order valence-corrected chi connectivity index (χ3v) is 4.79. The molecule has 0 saturated heterocycles. The van der Waals surface area contributed by atoms with Crippen LogP contribution in [0.1, 0.15) is 23.7 Å². The fourth-order valence-corrected chi connectivity index (χ4v) is 3.18. The maximum absolute atomic E-state index is 12.3. The normalized spacial score (nSPS) is 10.5. The molecule has 0 fully saturated rings. The number of aromatic nitrogens is 2. The Morgan fingerprint density at radius 2 is 1.89 bits per heavy atom. The Morgan fingerprint density at radius 3 is 2.52 bits per heavy atom. The van der Waals surface area contributed by atoms with Crippen molar-refractivity contribution in [3.05, 3.63) is 57.5 Å². The van der Waals surface area contributed by atoms with E-state index < -0.39 is 5.97 Å². The van der Waals surface area contributed by atoms with Gasteiger partial charge in [0.15, 0.2) is 5.16 Å². The fraction of sp³-hybridized carbons (Fsp3) is 0.368. The quantitative estimate of drug-likeness (QED) is 0.420. The molecule has 0 aliphatic rings. The summed E-state index contributed by atoms with van der Waals surface area (Å²) in [6.07, 6.45) is 0.890. The summed E-state index contributed by atoms with van der Waals surface area (Å²) in [7, 11) is 3.01. The first-order valence-corrected chi connectivity index (χ1v) is 9.51. The van der Waals surface area contributed by atoms with Crippen LogP contribution >= 0.6 is 11.8 Å². The highest BCUT2D eigenvalue weighted by Gasteiger charge is 2.12. The van der Waals surface area contributed by atoms with Gasteiger partial charge in [-0.2, -0.15) is 0 Å². The zero-order valence-corrected chi connectivity index (χ0v) is 16.5. The second kappa shape index (κ2) is 9.91. The van der Waals surface area contributed by atoms with E-state index in [1.807, 2.05) is 12.1 Å². The molecule has 2 rings (SSSR count). The van der Waals surface area contributed by atoms with Crippen LogP contribution in [0.15, 0.2) is 40.3 Å². The molecule has 1 aromatic carbocycles. The Bertz CT molecular complexity index is 849. The summed E-state index contributed by atoms with van der Waals surface area (Å²) >= 11 is 1.13. The average Bonchev–Trinajstić information content (AvgIpc) is 2.66. The topological polar surface area (TPSA) is 92.4 Å². The van der Waals surface area contributed by atoms with Gasteiger partial charge in [0.05, 0.1) is 25.0 Å². The number of rotatable bonds is 8. The molecule has 2 aromatic rings. The largest absolute Gasteiger partial charge is 0.469 e. The van der Waals surface area contributed by atoms with Crippen molar-refractivity contribution in [2.75, 3.05) is 19.9 Å². The van der Waals surface area contributed by atoms with Gasteiger partial charge in [0.1, 0.15) is 0 Å². The van der Waals surface area contributed by atoms with Crippen molar-refractivity contribution in [2.24, 2.45) is 0 Å². The van der Waals surface area contributed by atoms with Crippen LogP contribution in [0.3, 0.4) is 0 Å². The van der Waals surface area contributed by atoms with E-state index in [1.54, 1.807) is 11.9 Å². The maximum Gasteiger partial charge on any atom is 0.311 e. The zero-order chi connectivity index (χ0) is 19.8. The van der Waals surface area contributed by atoms with Crippen LogP contribution in [0.4, 0.5) is 0 Å². The van der Waals surface area contributed by atoms with E-state index >= 15 is 0 Å². The van der Waals surface area contributed by atoms with Gasteiger partial charge in [-0.1, -0.05) is 43.0 Å². The van der Waals surface area contributed by atoms with Gasteiger partial charge in [-0.25, -0.2) is 4.98 Å². The van der Waals surface area contributed by atoms with Gasteiger partial charge in [0.25, 0.3) is 5.56 Å². The standard InChI is InChI=1S/C19H23N3O4S/c1-4-13-5-7-14(8-6-13)11-22(2)17(24)12-27-19-20-15(9-16(23)21-19)10-18(25)26-3/h5-9H,4,10-12H2,1-3H3,(H,20,21,23). The number of hydrogen-bond acceptors (Lipinski definition) is 6. The highest BCUT2D eigenvalue weighted by molar-refractivity contribution is 7.99. The van der Waals surface area contributed by atoms with Crippen molar-refractivity contribution in [1.29, 1.82) is 0 Å². The van der Waals surface area contributed by atoms with E-state index in [1.165, 1.54) is 18.7 Å². The SMILES string of the molecule is CCc1ccc(CN(C)C(=O)CSc2nc(CC(=O)OC)cc(=O)[nH]2)cc1. The number of esters is 1. The van der Waals surface area contributed by atoms with E-state index in [2.05, 4.69) is 33.8 Å². The number of aryl methyl sites for hydroxylation is 1. The fourth-order valence-electron chi connectivity index (χ4n) is 2.35. The Morgan fingerprint density at radius 1 is 1.22 bits per heavy atom. The van der Waals surface area contributed by atoms with E-state index in [0.29, 0.717) is 17.4 Å². The van der Waals surface area contributed by atoms with Crippen LogP contribution in [0, 0.1) is 0 Å². The van der Waals surface area contributed by atoms with Gasteiger partial charge >= 0.3 is 5.97 Å². The van der Waals surface area contributed by atoms with Gasteiger partial charge in [-0.3, -0.25) is 14.4 Å². The number of hydrogen-bond donors (Lipinski definition) is 1. The lowest BCUT2D eigenvalue weighted by molar-refractivity contribution is -0.139. The van der Waals surface area contributed by atoms with Gasteiger partial charge in [0.2, 0.25) is 5.91 Å². The minimum absolute atomic E-state index is 0.0828. The van der Waals surface area contributed by atoms with Crippen LogP contribution in [-0.4, -0.2) is 46.7 Å². The van der Waals surface area contributed by atoms with E-state index in [4.69, 9.17) is 0 Å². The molecule has 0 atom stereocenters. The summed E-state index contributed by atoms with van der Waals surface area (Å²) in [6, 6.07) is 9.40. The summed E-state index contributed by atoms with van der Waals surface area (Å²) < 4.78 is 4.58. The number of benzene rings is 1. The predicted molar refractivity (Wildman–Crippen MR) is 104 cm³/mol. The molecular formula is C19H23N3O4S. The number of ether oxygens (including phenoxy) is 1. The average molecular weight is 389 g/mol. The van der Waals surface area contributed by atoms with Gasteiger partial charge in [-0.05, 0) is 17.5 Å². The van der Waals surface area contributed by atoms with E-state index in [9.17, 15) is 14.4 Å². The number of amides is 1. The number of carbonyl (C=O) groups is 2. The van der Waals surface area contributed by atoms with Gasteiger partial charge in [-0.15, -0.1) is 0 Å². The van der Waals surface area contributed by atoms with Crippen molar-refractivity contribution in [3.8, 4) is 0 Å². The molecular weight excluding hydrogens is 366 g/mol. The molecule has 0 radical (unpaired) electrons. The molecule has 0 aliphatic heterocycles. The van der Waals surface area contributed by atoms with Crippen molar-refractivity contribution < 1.29 is 14.3 Å². The number of methoxy groups -OCH3 is 1. The van der Waals surface area contributed by atoms with Crippen molar-refractivity contribution in [3.63, 3.8) is 0 Å². The van der Waals surface area contributed by atoms with Crippen molar-refractivity contribution in [2.45, 2.75) is 31.5 Å². The third kappa shape index (κ3) is 6.56. The molecule has 27 heavy (non-hydrogen) atoms. The van der Waals surface area contributed by atoms with Crippen molar-refractivity contribution in [1.82, 2.24) is 14.9 Å². The van der Waals surface area contributed by atoms with Crippen LogP contribution in [0.5, 0.6) is 0 Å². The number of aromatic amines is 1. The van der Waals surface area contributed by atoms with Gasteiger partial charge in [0, 0.05) is 19.7 Å². The van der Waals surface area contributed by atoms with Crippen LogP contribution in [0.25, 0.3) is 0 Å². The molecule has 1 amide bonds. The second-order valence-electron chi connectivity index (χ2n) is 6.00. The molecule has 1 N–H and O–H groups in total. The molecule has 0 aliphatic carbocycles. The number of nitrogens with one attached hydrogen (secondary N) is 1. The highest BCUT2D eigenvalue weighted by Crippen LogP contribution is 2.14. The number of thioether (sulfide) groups is 1. The predicted octanol–water partition coefficient (Wildman–Crippen LogP) is 1.80. The molecule has 0 saturated carbocycles. The van der Waals surface area contributed by atoms with Crippen LogP contribution in [-0.2, 0) is 33.7 Å². The molecule has 7 nitrogen and oxygen atoms in total. The van der Waals surface area contributed by atoms with E-state index in [-0.39, 0.29) is 23.6 Å². The molecule has 1 heterocycles. The summed E-state index contributed by atoms with van der Waals surface area (Å²) in [5.74, 6) is -0.428. The van der Waals surface area contributed by atoms with Gasteiger partial charge < -0.3 is 14.6 Å². The molecule has 0 spiro atoms. The lowest BCUT2D eigenvalue weighted by Crippen LogP contribution is -2.28. The lowest BCUT2D eigenvalue weighted by atomic mass is 10.1. The molecule has 1 aromatic heterocycles. The summed E-state index contributed by atoms with van der Waals surface area (Å²) in [5.41, 5.74) is 2.25. The Hall–Kier alpha value is -2.61. The number of H-pyrrole nitrogens is 1. The Kier molecular flexibility index (Phi) is 7.60. The maximum atomic E-state index is 12.3. The number of nitrogens with zero attached hydrogens (tertiary/aromatic N) is 2. The van der Waals surface area contributed by atoms with Crippen molar-refractivity contribution >= 4 is 23.6 Å². The lowest BCUT2D eigenvalue weighted by Gasteiger charge is -2.17. The number of carbonyl (C=O) groups excluding carboxylic acids is 2. The Labute approximate surface area is 162 Å². The minimum Gasteiger partial charge on any atom is -0.469 e. The highest BCUT2D eigenvalue weighted by atomic mass is 32.2. The zero-order valence-electron chi connectivity index (χ0n) is 15.7. The second-order valence-corrected chi connectivity index (χ2v) is 6.97. The summed E-state index contributed by atoms with van der Waals surface area (Å²) in [4.78, 5) is 43.8. The molecule has 144 valence electrons. The molecule has 0 bridgehead atoms. The Balaban J connectivity index is 1.93. The third-order valence-electron chi connectivity index (χ3n) is 3.94. The first-order valence-electron chi connectivity index (χ1n) is 8.53. The minimum atomic E-state index is -0.478. The first-order chi connectivity index (χ1) is 12.9. The monoisotopic (exact) mass is 389 g/mol. The van der Waals surface area contributed by atoms with E-state index in [0.717, 1.165) is 23.7 Å². The van der Waals surface area contributed by atoms with Crippen LogP contribution in [0.2, 0.25) is 0 Å².